The average Bonchev–Trinajstić information content (AvgIpc) is 2.43. The number of nitrogens with one attached hydrogen (secondary N) is 1. The summed E-state index contributed by atoms with van der Waals surface area (Å²) in [5.41, 5.74) is 3.39. The molecule has 1 N–H and O–H groups in total. The Kier molecular flexibility index (Phi) is 5.01. The molecule has 1 heterocycles. The van der Waals surface area contributed by atoms with E-state index >= 15 is 0 Å². The molecule has 0 spiro atoms. The molecule has 0 aliphatic carbocycles. The maximum atomic E-state index is 12.0. The number of carbonyl (C=O) groups is 1. The van der Waals surface area contributed by atoms with Crippen molar-refractivity contribution in [3.63, 3.8) is 0 Å². The maximum Gasteiger partial charge on any atom is 0.461 e. The van der Waals surface area contributed by atoms with E-state index in [9.17, 15) is 4.79 Å². The standard InChI is InChI=1S/C18H24N2O2/c1-5-6-11-16-12-14-9-7-8-10-15(14)13-20(16)19-17(21)22-18(2,3)4/h7-10,12-13H,5-6,11H2,1-4H3/p+1. The third kappa shape index (κ3) is 4.45. The van der Waals surface area contributed by atoms with Crippen molar-refractivity contribution in [3.8, 4) is 0 Å². The molecule has 0 saturated carbocycles. The number of nitrogens with zero attached hydrogens (tertiary/aromatic N) is 1. The van der Waals surface area contributed by atoms with Gasteiger partial charge in [0.05, 0.1) is 0 Å². The zero-order valence-corrected chi connectivity index (χ0v) is 13.8. The van der Waals surface area contributed by atoms with Crippen molar-refractivity contribution >= 4 is 16.9 Å². The van der Waals surface area contributed by atoms with E-state index in [0.717, 1.165) is 30.3 Å². The van der Waals surface area contributed by atoms with Crippen LogP contribution in [0.15, 0.2) is 36.5 Å². The van der Waals surface area contributed by atoms with Gasteiger partial charge in [0.1, 0.15) is 5.60 Å². The van der Waals surface area contributed by atoms with Crippen LogP contribution in [0.1, 0.15) is 46.2 Å². The highest BCUT2D eigenvalue weighted by Crippen LogP contribution is 2.14. The number of carbonyl (C=O) groups excluding carboxylic acids is 1. The lowest BCUT2D eigenvalue weighted by atomic mass is 10.1. The van der Waals surface area contributed by atoms with Crippen LogP contribution in [0.4, 0.5) is 4.79 Å². The van der Waals surface area contributed by atoms with Gasteiger partial charge in [0.2, 0.25) is 11.9 Å². The molecule has 4 heteroatoms. The highest BCUT2D eigenvalue weighted by molar-refractivity contribution is 5.81. The molecule has 0 aliphatic heterocycles. The van der Waals surface area contributed by atoms with Crippen LogP contribution in [-0.2, 0) is 11.2 Å². The van der Waals surface area contributed by atoms with Gasteiger partial charge in [0.15, 0.2) is 0 Å². The van der Waals surface area contributed by atoms with E-state index in [4.69, 9.17) is 4.74 Å². The van der Waals surface area contributed by atoms with Crippen LogP contribution >= 0.6 is 0 Å². The highest BCUT2D eigenvalue weighted by Gasteiger charge is 2.21. The lowest BCUT2D eigenvalue weighted by Crippen LogP contribution is -2.52. The van der Waals surface area contributed by atoms with Gasteiger partial charge in [-0.05, 0) is 38.6 Å². The number of unbranched alkanes of at least 4 members (excludes halogenated alkanes) is 1. The van der Waals surface area contributed by atoms with E-state index in [1.54, 1.807) is 4.68 Å². The molecule has 1 aromatic carbocycles. The first kappa shape index (κ1) is 16.3. The molecule has 0 aliphatic rings. The molecule has 0 atom stereocenters. The summed E-state index contributed by atoms with van der Waals surface area (Å²) in [7, 11) is 0. The predicted molar refractivity (Wildman–Crippen MR) is 88.3 cm³/mol. The Balaban J connectivity index is 2.30. The van der Waals surface area contributed by atoms with Gasteiger partial charge >= 0.3 is 6.09 Å². The van der Waals surface area contributed by atoms with E-state index in [1.807, 2.05) is 45.2 Å². The number of rotatable bonds is 4. The van der Waals surface area contributed by atoms with Crippen molar-refractivity contribution in [2.24, 2.45) is 0 Å². The molecule has 0 fully saturated rings. The molecular formula is C18H25N2O2+. The summed E-state index contributed by atoms with van der Waals surface area (Å²) in [4.78, 5) is 12.0. The molecule has 22 heavy (non-hydrogen) atoms. The number of pyridine rings is 1. The van der Waals surface area contributed by atoms with Gasteiger partial charge in [-0.3, -0.25) is 0 Å². The van der Waals surface area contributed by atoms with Crippen molar-refractivity contribution in [2.45, 2.75) is 52.6 Å². The van der Waals surface area contributed by atoms with Crippen LogP contribution < -0.4 is 10.1 Å². The van der Waals surface area contributed by atoms with Crippen molar-refractivity contribution < 1.29 is 14.2 Å². The van der Waals surface area contributed by atoms with E-state index in [0.29, 0.717) is 0 Å². The minimum Gasteiger partial charge on any atom is -0.440 e. The number of benzene rings is 1. The summed E-state index contributed by atoms with van der Waals surface area (Å²) in [6.07, 6.45) is 4.61. The number of hydrogen-bond acceptors (Lipinski definition) is 2. The molecular weight excluding hydrogens is 276 g/mol. The van der Waals surface area contributed by atoms with Crippen molar-refractivity contribution in [3.05, 3.63) is 42.2 Å². The average molecular weight is 301 g/mol. The highest BCUT2D eigenvalue weighted by atomic mass is 16.6. The second-order valence-corrected chi connectivity index (χ2v) is 6.48. The lowest BCUT2D eigenvalue weighted by Gasteiger charge is -2.18. The Morgan fingerprint density at radius 2 is 1.91 bits per heavy atom. The fraction of sp³-hybridized carbons (Fsp3) is 0.444. The zero-order valence-electron chi connectivity index (χ0n) is 13.8. The SMILES string of the molecule is CCCCc1cc2ccccc2c[n+]1NC(=O)OC(C)(C)C. The van der Waals surface area contributed by atoms with Crippen molar-refractivity contribution in [2.75, 3.05) is 5.43 Å². The number of fused-ring (bicyclic) bond motifs is 1. The fourth-order valence-electron chi connectivity index (χ4n) is 2.28. The Morgan fingerprint density at radius 1 is 1.23 bits per heavy atom. The fourth-order valence-corrected chi connectivity index (χ4v) is 2.28. The summed E-state index contributed by atoms with van der Waals surface area (Å²) in [5, 5.41) is 2.26. The molecule has 1 amide bonds. The van der Waals surface area contributed by atoms with Crippen LogP contribution in [0.3, 0.4) is 0 Å². The molecule has 2 rings (SSSR count). The monoisotopic (exact) mass is 301 g/mol. The number of aryl methyl sites for hydroxylation is 1. The number of amides is 1. The molecule has 0 unspecified atom stereocenters. The van der Waals surface area contributed by atoms with Crippen LogP contribution in [0.2, 0.25) is 0 Å². The van der Waals surface area contributed by atoms with E-state index in [1.165, 1.54) is 5.39 Å². The molecule has 0 radical (unpaired) electrons. The van der Waals surface area contributed by atoms with Crippen molar-refractivity contribution in [1.82, 2.24) is 0 Å². The summed E-state index contributed by atoms with van der Waals surface area (Å²) in [6.45, 7) is 7.73. The van der Waals surface area contributed by atoms with Crippen LogP contribution in [0.25, 0.3) is 10.8 Å². The summed E-state index contributed by atoms with van der Waals surface area (Å²) in [6, 6.07) is 10.3. The first-order valence-corrected chi connectivity index (χ1v) is 7.82. The van der Waals surface area contributed by atoms with Gasteiger partial charge in [-0.1, -0.05) is 41.6 Å². The Labute approximate surface area is 132 Å². The normalized spacial score (nSPS) is 11.5. The molecule has 118 valence electrons. The number of ether oxygens (including phenoxy) is 1. The van der Waals surface area contributed by atoms with E-state index in [-0.39, 0.29) is 0 Å². The third-order valence-electron chi connectivity index (χ3n) is 3.29. The number of aromatic nitrogens is 1. The Morgan fingerprint density at radius 3 is 2.55 bits per heavy atom. The van der Waals surface area contributed by atoms with Gasteiger partial charge in [-0.15, -0.1) is 0 Å². The summed E-state index contributed by atoms with van der Waals surface area (Å²) >= 11 is 0. The topological polar surface area (TPSA) is 42.2 Å². The molecule has 1 aromatic heterocycles. The van der Waals surface area contributed by atoms with Crippen LogP contribution in [0.5, 0.6) is 0 Å². The minimum absolute atomic E-state index is 0.439. The molecule has 4 nitrogen and oxygen atoms in total. The first-order valence-electron chi connectivity index (χ1n) is 7.82. The quantitative estimate of drug-likeness (QED) is 0.869. The summed E-state index contributed by atoms with van der Waals surface area (Å²) < 4.78 is 7.13. The molecule has 0 saturated heterocycles. The van der Waals surface area contributed by atoms with Gasteiger partial charge in [-0.25, -0.2) is 4.79 Å². The second kappa shape index (κ2) is 6.77. The Bertz CT molecular complexity index is 660. The number of hydrogen-bond donors (Lipinski definition) is 1. The van der Waals surface area contributed by atoms with Gasteiger partial charge in [0, 0.05) is 17.9 Å². The predicted octanol–water partition coefficient (Wildman–Crippen LogP) is 3.95. The van der Waals surface area contributed by atoms with Gasteiger partial charge in [0.25, 0.3) is 0 Å². The summed E-state index contributed by atoms with van der Waals surface area (Å²) in [5.74, 6) is 0. The Hall–Kier alpha value is -2.10. The third-order valence-corrected chi connectivity index (χ3v) is 3.29. The smallest absolute Gasteiger partial charge is 0.440 e. The minimum atomic E-state index is -0.509. The first-order chi connectivity index (χ1) is 10.4. The van der Waals surface area contributed by atoms with Gasteiger partial charge in [-0.2, -0.15) is 0 Å². The largest absolute Gasteiger partial charge is 0.461 e. The maximum absolute atomic E-state index is 12.0. The van der Waals surface area contributed by atoms with E-state index < -0.39 is 11.7 Å². The van der Waals surface area contributed by atoms with Crippen molar-refractivity contribution in [1.29, 1.82) is 0 Å². The van der Waals surface area contributed by atoms with Crippen LogP contribution in [0, 0.1) is 0 Å². The lowest BCUT2D eigenvalue weighted by molar-refractivity contribution is -0.649. The van der Waals surface area contributed by atoms with Crippen LogP contribution in [-0.4, -0.2) is 11.7 Å². The second-order valence-electron chi connectivity index (χ2n) is 6.48. The van der Waals surface area contributed by atoms with Gasteiger partial charge < -0.3 is 4.74 Å². The zero-order chi connectivity index (χ0) is 16.2. The molecule has 2 aromatic rings. The molecule has 0 bridgehead atoms. The van der Waals surface area contributed by atoms with E-state index in [2.05, 4.69) is 24.5 Å².